The summed E-state index contributed by atoms with van der Waals surface area (Å²) in [4.78, 5) is 26.5. The van der Waals surface area contributed by atoms with Gasteiger partial charge in [0.05, 0.1) is 19.1 Å². The minimum absolute atomic E-state index is 0.0690. The normalized spacial score (nSPS) is 20.6. The zero-order valence-electron chi connectivity index (χ0n) is 16.0. The first-order valence-electron chi connectivity index (χ1n) is 9.09. The van der Waals surface area contributed by atoms with Crippen molar-refractivity contribution in [1.82, 2.24) is 4.90 Å². The number of rotatable bonds is 4. The molecule has 0 saturated carbocycles. The van der Waals surface area contributed by atoms with Crippen molar-refractivity contribution >= 4 is 12.1 Å². The molecule has 0 bridgehead atoms. The monoisotopic (exact) mass is 363 g/mol. The van der Waals surface area contributed by atoms with Gasteiger partial charge >= 0.3 is 12.1 Å². The maximum Gasteiger partial charge on any atom is 0.410 e. The van der Waals surface area contributed by atoms with Crippen LogP contribution in [0.15, 0.2) is 24.3 Å². The highest BCUT2D eigenvalue weighted by Gasteiger charge is 2.38. The number of piperidine rings is 1. The summed E-state index contributed by atoms with van der Waals surface area (Å²) in [5, 5.41) is 9.41. The van der Waals surface area contributed by atoms with E-state index in [2.05, 4.69) is 0 Å². The van der Waals surface area contributed by atoms with Crippen LogP contribution in [0.25, 0.3) is 0 Å². The van der Waals surface area contributed by atoms with E-state index in [1.165, 1.54) is 0 Å². The molecule has 2 rings (SSSR count). The van der Waals surface area contributed by atoms with Gasteiger partial charge in [0.25, 0.3) is 0 Å². The van der Waals surface area contributed by atoms with Crippen molar-refractivity contribution in [3.63, 3.8) is 0 Å². The summed E-state index contributed by atoms with van der Waals surface area (Å²) >= 11 is 0. The van der Waals surface area contributed by atoms with Gasteiger partial charge in [0.1, 0.15) is 5.60 Å². The lowest BCUT2D eigenvalue weighted by molar-refractivity contribution is -0.150. The Hall–Kier alpha value is -2.08. The van der Waals surface area contributed by atoms with Gasteiger partial charge < -0.3 is 19.5 Å². The van der Waals surface area contributed by atoms with E-state index in [4.69, 9.17) is 9.47 Å². The molecule has 1 heterocycles. The van der Waals surface area contributed by atoms with Crippen LogP contribution in [0.4, 0.5) is 4.79 Å². The summed E-state index contributed by atoms with van der Waals surface area (Å²) in [7, 11) is 0. The van der Waals surface area contributed by atoms with E-state index in [0.29, 0.717) is 26.1 Å². The first-order chi connectivity index (χ1) is 12.2. The Labute approximate surface area is 155 Å². The van der Waals surface area contributed by atoms with Crippen LogP contribution in [0.5, 0.6) is 0 Å². The number of benzene rings is 1. The number of hydrogen-bond donors (Lipinski definition) is 1. The van der Waals surface area contributed by atoms with E-state index in [-0.39, 0.29) is 30.5 Å². The Bertz CT molecular complexity index is 637. The Kier molecular flexibility index (Phi) is 6.64. The van der Waals surface area contributed by atoms with Crippen molar-refractivity contribution in [1.29, 1.82) is 0 Å². The molecule has 0 radical (unpaired) electrons. The highest BCUT2D eigenvalue weighted by molar-refractivity contribution is 5.75. The second kappa shape index (κ2) is 8.54. The lowest BCUT2D eigenvalue weighted by atomic mass is 9.80. The van der Waals surface area contributed by atoms with Crippen molar-refractivity contribution in [2.75, 3.05) is 19.7 Å². The number of carbonyl (C=O) groups is 2. The Morgan fingerprint density at radius 2 is 2.04 bits per heavy atom. The summed E-state index contributed by atoms with van der Waals surface area (Å²) < 4.78 is 10.7. The fourth-order valence-corrected chi connectivity index (χ4v) is 3.24. The number of carbonyl (C=O) groups excluding carboxylic acids is 2. The molecule has 1 aliphatic rings. The number of amides is 1. The van der Waals surface area contributed by atoms with Gasteiger partial charge in [0, 0.05) is 19.0 Å². The van der Waals surface area contributed by atoms with Crippen LogP contribution in [0, 0.1) is 5.92 Å². The summed E-state index contributed by atoms with van der Waals surface area (Å²) in [5.41, 5.74) is 1.13. The van der Waals surface area contributed by atoms with Crippen LogP contribution in [0.2, 0.25) is 0 Å². The standard InChI is InChI=1S/C20H29NO5/c1-5-25-18(23)16-9-10-21(19(24)26-20(2,3)4)12-17(16)15-8-6-7-14(11-15)13-22/h6-8,11,16-17,22H,5,9-10,12-13H2,1-4H3. The molecule has 144 valence electrons. The molecule has 1 amide bonds. The number of hydrogen-bond acceptors (Lipinski definition) is 5. The summed E-state index contributed by atoms with van der Waals surface area (Å²) in [5.74, 6) is -0.750. The molecule has 2 atom stereocenters. The predicted octanol–water partition coefficient (Wildman–Crippen LogP) is 3.08. The Morgan fingerprint density at radius 3 is 2.65 bits per heavy atom. The maximum atomic E-state index is 12.5. The van der Waals surface area contributed by atoms with Gasteiger partial charge in [-0.25, -0.2) is 4.79 Å². The number of aliphatic hydroxyl groups is 1. The van der Waals surface area contributed by atoms with E-state index < -0.39 is 5.60 Å². The van der Waals surface area contributed by atoms with Gasteiger partial charge in [-0.15, -0.1) is 0 Å². The Morgan fingerprint density at radius 1 is 1.31 bits per heavy atom. The van der Waals surface area contributed by atoms with E-state index in [0.717, 1.165) is 11.1 Å². The van der Waals surface area contributed by atoms with Gasteiger partial charge in [0.2, 0.25) is 0 Å². The largest absolute Gasteiger partial charge is 0.466 e. The van der Waals surface area contributed by atoms with Gasteiger partial charge in [-0.2, -0.15) is 0 Å². The van der Waals surface area contributed by atoms with Crippen LogP contribution in [-0.4, -0.2) is 47.4 Å². The quantitative estimate of drug-likeness (QED) is 0.832. The first kappa shape index (κ1) is 20.2. The fourth-order valence-electron chi connectivity index (χ4n) is 3.24. The minimum atomic E-state index is -0.568. The number of ether oxygens (including phenoxy) is 2. The highest BCUT2D eigenvalue weighted by atomic mass is 16.6. The van der Waals surface area contributed by atoms with E-state index in [1.807, 2.05) is 45.0 Å². The van der Waals surface area contributed by atoms with E-state index in [1.54, 1.807) is 11.8 Å². The number of likely N-dealkylation sites (tertiary alicyclic amines) is 1. The summed E-state index contributed by atoms with van der Waals surface area (Å²) in [6, 6.07) is 7.50. The topological polar surface area (TPSA) is 76.1 Å². The first-order valence-corrected chi connectivity index (χ1v) is 9.09. The minimum Gasteiger partial charge on any atom is -0.466 e. The van der Waals surface area contributed by atoms with Crippen LogP contribution in [-0.2, 0) is 20.9 Å². The van der Waals surface area contributed by atoms with Crippen molar-refractivity contribution in [2.24, 2.45) is 5.92 Å². The number of esters is 1. The third-order valence-corrected chi connectivity index (χ3v) is 4.42. The molecular formula is C20H29NO5. The van der Waals surface area contributed by atoms with Gasteiger partial charge in [0.15, 0.2) is 0 Å². The lowest BCUT2D eigenvalue weighted by Gasteiger charge is -2.38. The highest BCUT2D eigenvalue weighted by Crippen LogP contribution is 2.34. The molecule has 0 aliphatic carbocycles. The van der Waals surface area contributed by atoms with Gasteiger partial charge in [-0.05, 0) is 45.2 Å². The molecule has 0 aromatic heterocycles. The van der Waals surface area contributed by atoms with Crippen molar-refractivity contribution in [3.05, 3.63) is 35.4 Å². The van der Waals surface area contributed by atoms with Gasteiger partial charge in [-0.1, -0.05) is 24.3 Å². The SMILES string of the molecule is CCOC(=O)C1CCN(C(=O)OC(C)(C)C)CC1c1cccc(CO)c1. The van der Waals surface area contributed by atoms with E-state index >= 15 is 0 Å². The molecule has 2 unspecified atom stereocenters. The predicted molar refractivity (Wildman–Crippen MR) is 97.7 cm³/mol. The smallest absolute Gasteiger partial charge is 0.410 e. The molecule has 1 N–H and O–H groups in total. The summed E-state index contributed by atoms with van der Waals surface area (Å²) in [6.07, 6.45) is 0.148. The number of nitrogens with zero attached hydrogens (tertiary/aromatic N) is 1. The molecule has 1 aromatic rings. The third kappa shape index (κ3) is 5.21. The lowest BCUT2D eigenvalue weighted by Crippen LogP contribution is -2.47. The molecular weight excluding hydrogens is 334 g/mol. The fraction of sp³-hybridized carbons (Fsp3) is 0.600. The van der Waals surface area contributed by atoms with Gasteiger partial charge in [-0.3, -0.25) is 4.79 Å². The summed E-state index contributed by atoms with van der Waals surface area (Å²) in [6.45, 7) is 8.38. The second-order valence-corrected chi connectivity index (χ2v) is 7.58. The Balaban J connectivity index is 2.25. The molecule has 1 aliphatic heterocycles. The third-order valence-electron chi connectivity index (χ3n) is 4.42. The van der Waals surface area contributed by atoms with Crippen molar-refractivity contribution in [2.45, 2.75) is 52.2 Å². The van der Waals surface area contributed by atoms with Crippen molar-refractivity contribution in [3.8, 4) is 0 Å². The molecule has 1 fully saturated rings. The molecule has 6 nitrogen and oxygen atoms in total. The zero-order chi connectivity index (χ0) is 19.3. The molecule has 26 heavy (non-hydrogen) atoms. The second-order valence-electron chi connectivity index (χ2n) is 7.58. The molecule has 6 heteroatoms. The zero-order valence-corrected chi connectivity index (χ0v) is 16.0. The maximum absolute atomic E-state index is 12.5. The van der Waals surface area contributed by atoms with Crippen LogP contribution in [0.1, 0.15) is 51.2 Å². The molecule has 1 aromatic carbocycles. The van der Waals surface area contributed by atoms with E-state index in [9.17, 15) is 14.7 Å². The number of aliphatic hydroxyl groups excluding tert-OH is 1. The van der Waals surface area contributed by atoms with Crippen LogP contribution in [0.3, 0.4) is 0 Å². The van der Waals surface area contributed by atoms with Crippen LogP contribution < -0.4 is 0 Å². The van der Waals surface area contributed by atoms with Crippen molar-refractivity contribution < 1.29 is 24.2 Å². The molecule has 1 saturated heterocycles. The van der Waals surface area contributed by atoms with Crippen LogP contribution >= 0.6 is 0 Å². The molecule has 0 spiro atoms. The average molecular weight is 363 g/mol. The average Bonchev–Trinajstić information content (AvgIpc) is 2.60.